The first-order valence-electron chi connectivity index (χ1n) is 8.92. The number of hydrogen-bond acceptors (Lipinski definition) is 3. The van der Waals surface area contributed by atoms with Crippen LogP contribution >= 0.6 is 0 Å². The quantitative estimate of drug-likeness (QED) is 0.645. The number of hydrogen-bond donors (Lipinski definition) is 2. The molecule has 0 aliphatic heterocycles. The Labute approximate surface area is 149 Å². The summed E-state index contributed by atoms with van der Waals surface area (Å²) in [7, 11) is 0. The van der Waals surface area contributed by atoms with Gasteiger partial charge in [-0.15, -0.1) is 0 Å². The van der Waals surface area contributed by atoms with Gasteiger partial charge in [0.2, 0.25) is 0 Å². The molecule has 1 heterocycles. The molecule has 4 heteroatoms. The van der Waals surface area contributed by atoms with Gasteiger partial charge in [-0.05, 0) is 50.1 Å². The third-order valence-electron chi connectivity index (χ3n) is 4.46. The summed E-state index contributed by atoms with van der Waals surface area (Å²) in [5.74, 6) is 1.86. The van der Waals surface area contributed by atoms with Crippen LogP contribution in [0, 0.1) is 0 Å². The van der Waals surface area contributed by atoms with Crippen molar-refractivity contribution in [2.75, 3.05) is 19.8 Å². The van der Waals surface area contributed by atoms with Gasteiger partial charge < -0.3 is 20.2 Å². The predicted octanol–water partition coefficient (Wildman–Crippen LogP) is 4.25. The molecule has 0 radical (unpaired) electrons. The van der Waals surface area contributed by atoms with E-state index in [-0.39, 0.29) is 5.92 Å². The van der Waals surface area contributed by atoms with Crippen molar-refractivity contribution in [3.8, 4) is 11.5 Å². The lowest BCUT2D eigenvalue weighted by atomic mass is 9.91. The van der Waals surface area contributed by atoms with Gasteiger partial charge in [-0.2, -0.15) is 0 Å². The van der Waals surface area contributed by atoms with Crippen molar-refractivity contribution >= 4 is 10.9 Å². The lowest BCUT2D eigenvalue weighted by Crippen LogP contribution is -2.15. The van der Waals surface area contributed by atoms with Gasteiger partial charge in [0.1, 0.15) is 0 Å². The molecule has 0 aliphatic rings. The lowest BCUT2D eigenvalue weighted by molar-refractivity contribution is 0.285. The molecule has 0 saturated carbocycles. The fourth-order valence-electron chi connectivity index (χ4n) is 3.32. The molecule has 0 fully saturated rings. The van der Waals surface area contributed by atoms with Crippen molar-refractivity contribution in [2.24, 2.45) is 5.73 Å². The smallest absolute Gasteiger partial charge is 0.164 e. The van der Waals surface area contributed by atoms with Gasteiger partial charge in [0.15, 0.2) is 11.5 Å². The lowest BCUT2D eigenvalue weighted by Gasteiger charge is -2.19. The van der Waals surface area contributed by atoms with Crippen LogP contribution in [-0.2, 0) is 6.42 Å². The van der Waals surface area contributed by atoms with E-state index in [1.165, 1.54) is 10.9 Å². The van der Waals surface area contributed by atoms with Gasteiger partial charge in [-0.1, -0.05) is 30.3 Å². The van der Waals surface area contributed by atoms with E-state index >= 15 is 0 Å². The van der Waals surface area contributed by atoms with Crippen LogP contribution in [0.1, 0.15) is 30.9 Å². The largest absolute Gasteiger partial charge is 0.490 e. The molecule has 132 valence electrons. The second-order valence-corrected chi connectivity index (χ2v) is 6.04. The van der Waals surface area contributed by atoms with E-state index in [1.54, 1.807) is 0 Å². The second-order valence-electron chi connectivity index (χ2n) is 6.04. The first-order valence-corrected chi connectivity index (χ1v) is 8.92. The number of ether oxygens (including phenoxy) is 2. The summed E-state index contributed by atoms with van der Waals surface area (Å²) < 4.78 is 11.6. The molecule has 0 aliphatic carbocycles. The Bertz CT molecular complexity index is 826. The number of rotatable bonds is 8. The molecule has 1 unspecified atom stereocenters. The SMILES string of the molecule is CCOc1cccc(CC(CN)c2c[nH]c3ccccc23)c1OCC. The van der Waals surface area contributed by atoms with Crippen LogP contribution in [0.25, 0.3) is 10.9 Å². The molecule has 1 atom stereocenters. The molecule has 0 bridgehead atoms. The first-order chi connectivity index (χ1) is 12.3. The van der Waals surface area contributed by atoms with Gasteiger partial charge >= 0.3 is 0 Å². The average Bonchev–Trinajstić information content (AvgIpc) is 3.06. The number of fused-ring (bicyclic) bond motifs is 1. The summed E-state index contributed by atoms with van der Waals surface area (Å²) in [5.41, 5.74) is 9.67. The normalized spacial score (nSPS) is 12.3. The predicted molar refractivity (Wildman–Crippen MR) is 103 cm³/mol. The molecule has 0 amide bonds. The molecule has 1 aromatic heterocycles. The fraction of sp³-hybridized carbons (Fsp3) is 0.333. The van der Waals surface area contributed by atoms with Gasteiger partial charge in [0, 0.05) is 23.0 Å². The van der Waals surface area contributed by atoms with E-state index in [1.807, 2.05) is 32.0 Å². The van der Waals surface area contributed by atoms with Crippen LogP contribution in [0.4, 0.5) is 0 Å². The van der Waals surface area contributed by atoms with Gasteiger partial charge in [0.25, 0.3) is 0 Å². The monoisotopic (exact) mass is 338 g/mol. The minimum Gasteiger partial charge on any atom is -0.490 e. The molecule has 0 saturated heterocycles. The van der Waals surface area contributed by atoms with E-state index in [2.05, 4.69) is 35.4 Å². The Kier molecular flexibility index (Phi) is 5.61. The van der Waals surface area contributed by atoms with Crippen LogP contribution < -0.4 is 15.2 Å². The van der Waals surface area contributed by atoms with Gasteiger partial charge in [0.05, 0.1) is 13.2 Å². The molecular weight excluding hydrogens is 312 g/mol. The van der Waals surface area contributed by atoms with Crippen LogP contribution in [0.5, 0.6) is 11.5 Å². The third-order valence-corrected chi connectivity index (χ3v) is 4.46. The van der Waals surface area contributed by atoms with Crippen molar-refractivity contribution in [3.05, 3.63) is 59.8 Å². The number of para-hydroxylation sites is 2. The number of benzene rings is 2. The number of nitrogens with one attached hydrogen (secondary N) is 1. The van der Waals surface area contributed by atoms with Crippen molar-refractivity contribution in [1.29, 1.82) is 0 Å². The molecule has 3 rings (SSSR count). The van der Waals surface area contributed by atoms with Crippen LogP contribution in [0.2, 0.25) is 0 Å². The molecule has 2 aromatic carbocycles. The molecule has 3 aromatic rings. The Morgan fingerprint density at radius 1 is 1.00 bits per heavy atom. The number of H-pyrrole nitrogens is 1. The van der Waals surface area contributed by atoms with Crippen molar-refractivity contribution in [1.82, 2.24) is 4.98 Å². The minimum absolute atomic E-state index is 0.215. The van der Waals surface area contributed by atoms with Crippen LogP contribution in [0.15, 0.2) is 48.7 Å². The van der Waals surface area contributed by atoms with Crippen molar-refractivity contribution in [2.45, 2.75) is 26.2 Å². The maximum absolute atomic E-state index is 6.14. The summed E-state index contributed by atoms with van der Waals surface area (Å²) in [5, 5.41) is 1.23. The third kappa shape index (κ3) is 3.64. The molecular formula is C21H26N2O2. The molecule has 3 N–H and O–H groups in total. The fourth-order valence-corrected chi connectivity index (χ4v) is 3.32. The van der Waals surface area contributed by atoms with Crippen LogP contribution in [-0.4, -0.2) is 24.7 Å². The second kappa shape index (κ2) is 8.08. The topological polar surface area (TPSA) is 60.3 Å². The standard InChI is InChI=1S/C21H26N2O2/c1-3-24-20-11-7-8-15(21(20)25-4-2)12-16(13-22)18-14-23-19-10-6-5-9-17(18)19/h5-11,14,16,23H,3-4,12-13,22H2,1-2H3. The zero-order valence-corrected chi connectivity index (χ0v) is 14.9. The summed E-state index contributed by atoms with van der Waals surface area (Å²) in [6.07, 6.45) is 2.89. The Hall–Kier alpha value is -2.46. The minimum atomic E-state index is 0.215. The highest BCUT2D eigenvalue weighted by Crippen LogP contribution is 2.36. The van der Waals surface area contributed by atoms with E-state index in [0.717, 1.165) is 29.0 Å². The van der Waals surface area contributed by atoms with E-state index in [0.29, 0.717) is 19.8 Å². The van der Waals surface area contributed by atoms with E-state index in [9.17, 15) is 0 Å². The summed E-state index contributed by atoms with van der Waals surface area (Å²) in [6.45, 7) is 5.78. The summed E-state index contributed by atoms with van der Waals surface area (Å²) in [4.78, 5) is 3.35. The highest BCUT2D eigenvalue weighted by molar-refractivity contribution is 5.83. The van der Waals surface area contributed by atoms with E-state index in [4.69, 9.17) is 15.2 Å². The van der Waals surface area contributed by atoms with Crippen molar-refractivity contribution in [3.63, 3.8) is 0 Å². The Balaban J connectivity index is 1.95. The molecule has 4 nitrogen and oxygen atoms in total. The summed E-state index contributed by atoms with van der Waals surface area (Å²) in [6, 6.07) is 14.4. The first kappa shape index (κ1) is 17.4. The number of aromatic amines is 1. The zero-order chi connectivity index (χ0) is 17.6. The van der Waals surface area contributed by atoms with Gasteiger partial charge in [-0.3, -0.25) is 0 Å². The number of aromatic nitrogens is 1. The molecule has 25 heavy (non-hydrogen) atoms. The Morgan fingerprint density at radius 2 is 1.80 bits per heavy atom. The Morgan fingerprint density at radius 3 is 2.56 bits per heavy atom. The highest BCUT2D eigenvalue weighted by atomic mass is 16.5. The number of nitrogens with two attached hydrogens (primary N) is 1. The molecule has 0 spiro atoms. The maximum Gasteiger partial charge on any atom is 0.164 e. The zero-order valence-electron chi connectivity index (χ0n) is 14.9. The maximum atomic E-state index is 6.14. The van der Waals surface area contributed by atoms with Gasteiger partial charge in [-0.25, -0.2) is 0 Å². The summed E-state index contributed by atoms with van der Waals surface area (Å²) >= 11 is 0. The van der Waals surface area contributed by atoms with Crippen molar-refractivity contribution < 1.29 is 9.47 Å². The van der Waals surface area contributed by atoms with E-state index < -0.39 is 0 Å². The van der Waals surface area contributed by atoms with Crippen LogP contribution in [0.3, 0.4) is 0 Å². The highest BCUT2D eigenvalue weighted by Gasteiger charge is 2.19. The average molecular weight is 338 g/mol.